The van der Waals surface area contributed by atoms with Crippen LogP contribution in [0, 0.1) is 0 Å². The number of anilines is 1. The molecule has 0 spiro atoms. The van der Waals surface area contributed by atoms with Crippen molar-refractivity contribution in [1.82, 2.24) is 0 Å². The van der Waals surface area contributed by atoms with Crippen molar-refractivity contribution in [3.8, 4) is 11.5 Å². The summed E-state index contributed by atoms with van der Waals surface area (Å²) in [4.78, 5) is 13.4. The minimum Gasteiger partial charge on any atom is -0.504 e. The van der Waals surface area contributed by atoms with E-state index in [2.05, 4.69) is 11.7 Å². The largest absolute Gasteiger partial charge is 0.504 e. The number of carbonyl (C=O) groups excluding carboxylic acids is 1. The number of carbonyl (C=O) groups is 1. The smallest absolute Gasteiger partial charge is 0.281 e. The van der Waals surface area contributed by atoms with Gasteiger partial charge in [-0.25, -0.2) is 0 Å². The van der Waals surface area contributed by atoms with Gasteiger partial charge in [-0.1, -0.05) is 54.6 Å². The SMILES string of the molecule is C=CCc1cc(/C=C2\C(=O)N(c3ccccc3)N=C2c2ccccc2)cc(OC)c1O. The molecule has 5 nitrogen and oxygen atoms in total. The van der Waals surface area contributed by atoms with Gasteiger partial charge in [0.15, 0.2) is 11.5 Å². The number of amides is 1. The molecule has 1 heterocycles. The molecule has 1 N–H and O–H groups in total. The first-order valence-corrected chi connectivity index (χ1v) is 9.88. The summed E-state index contributed by atoms with van der Waals surface area (Å²) in [6.07, 6.45) is 3.97. The molecule has 154 valence electrons. The molecule has 3 aromatic carbocycles. The number of phenolic OH excluding ortho intramolecular Hbond substituents is 1. The predicted molar refractivity (Wildman–Crippen MR) is 123 cm³/mol. The van der Waals surface area contributed by atoms with Gasteiger partial charge in [0.25, 0.3) is 5.91 Å². The van der Waals surface area contributed by atoms with E-state index in [9.17, 15) is 9.90 Å². The summed E-state index contributed by atoms with van der Waals surface area (Å²) in [5.41, 5.74) is 4.00. The van der Waals surface area contributed by atoms with Gasteiger partial charge in [-0.05, 0) is 42.3 Å². The van der Waals surface area contributed by atoms with Crippen LogP contribution < -0.4 is 9.75 Å². The van der Waals surface area contributed by atoms with Crippen LogP contribution in [0.2, 0.25) is 0 Å². The highest BCUT2D eigenvalue weighted by molar-refractivity contribution is 6.37. The normalized spacial score (nSPS) is 14.6. The van der Waals surface area contributed by atoms with E-state index >= 15 is 0 Å². The number of nitrogens with zero attached hydrogens (tertiary/aromatic N) is 2. The van der Waals surface area contributed by atoms with E-state index in [1.165, 1.54) is 12.1 Å². The number of methoxy groups -OCH3 is 1. The first-order valence-electron chi connectivity index (χ1n) is 9.88. The molecule has 0 aliphatic carbocycles. The Bertz CT molecular complexity index is 1180. The molecule has 1 aliphatic rings. The minimum absolute atomic E-state index is 0.0742. The molecule has 0 atom stereocenters. The Labute approximate surface area is 181 Å². The van der Waals surface area contributed by atoms with E-state index in [1.54, 1.807) is 18.2 Å². The number of hydrogen-bond donors (Lipinski definition) is 1. The van der Waals surface area contributed by atoms with E-state index in [0.29, 0.717) is 34.7 Å². The second-order valence-corrected chi connectivity index (χ2v) is 7.05. The standard InChI is InChI=1S/C26H22N2O3/c1-3-10-20-15-18(17-23(31-2)25(20)29)16-22-24(19-11-6-4-7-12-19)27-28(26(22)30)21-13-8-5-9-14-21/h3-9,11-17,29H,1,10H2,2H3/b22-16-. The number of rotatable bonds is 6. The number of benzene rings is 3. The topological polar surface area (TPSA) is 62.1 Å². The molecule has 4 rings (SSSR count). The van der Waals surface area contributed by atoms with Crippen molar-refractivity contribution in [3.05, 3.63) is 108 Å². The Hall–Kier alpha value is -4.12. The third-order valence-electron chi connectivity index (χ3n) is 5.00. The Balaban J connectivity index is 1.85. The molecule has 31 heavy (non-hydrogen) atoms. The third-order valence-corrected chi connectivity index (χ3v) is 5.00. The Morgan fingerprint density at radius 1 is 1.06 bits per heavy atom. The zero-order valence-electron chi connectivity index (χ0n) is 17.2. The summed E-state index contributed by atoms with van der Waals surface area (Å²) in [5, 5.41) is 16.4. The number of aromatic hydroxyl groups is 1. The van der Waals surface area contributed by atoms with Crippen LogP contribution in [-0.4, -0.2) is 23.8 Å². The average molecular weight is 410 g/mol. The molecule has 0 saturated heterocycles. The van der Waals surface area contributed by atoms with Crippen molar-refractivity contribution in [2.75, 3.05) is 12.1 Å². The van der Waals surface area contributed by atoms with Gasteiger partial charge in [-0.15, -0.1) is 6.58 Å². The highest BCUT2D eigenvalue weighted by atomic mass is 16.5. The number of hydrogen-bond acceptors (Lipinski definition) is 4. The molecule has 0 unspecified atom stereocenters. The van der Waals surface area contributed by atoms with Crippen LogP contribution in [-0.2, 0) is 11.2 Å². The van der Waals surface area contributed by atoms with E-state index < -0.39 is 0 Å². The maximum absolute atomic E-state index is 13.4. The molecular formula is C26H22N2O3. The third kappa shape index (κ3) is 3.98. The fourth-order valence-corrected chi connectivity index (χ4v) is 3.50. The highest BCUT2D eigenvalue weighted by Gasteiger charge is 2.32. The molecule has 0 radical (unpaired) electrons. The zero-order chi connectivity index (χ0) is 21.8. The lowest BCUT2D eigenvalue weighted by molar-refractivity contribution is -0.114. The number of allylic oxidation sites excluding steroid dienone is 1. The van der Waals surface area contributed by atoms with Gasteiger partial charge in [0.1, 0.15) is 5.71 Å². The van der Waals surface area contributed by atoms with Gasteiger partial charge in [0, 0.05) is 11.1 Å². The molecule has 3 aromatic rings. The van der Waals surface area contributed by atoms with Crippen LogP contribution >= 0.6 is 0 Å². The van der Waals surface area contributed by atoms with Crippen LogP contribution in [0.1, 0.15) is 16.7 Å². The van der Waals surface area contributed by atoms with Gasteiger partial charge >= 0.3 is 0 Å². The zero-order valence-corrected chi connectivity index (χ0v) is 17.2. The van der Waals surface area contributed by atoms with Gasteiger partial charge in [0.05, 0.1) is 18.4 Å². The van der Waals surface area contributed by atoms with Crippen molar-refractivity contribution in [3.63, 3.8) is 0 Å². The average Bonchev–Trinajstić information content (AvgIpc) is 3.13. The Morgan fingerprint density at radius 3 is 2.39 bits per heavy atom. The monoisotopic (exact) mass is 410 g/mol. The van der Waals surface area contributed by atoms with Gasteiger partial charge < -0.3 is 9.84 Å². The van der Waals surface area contributed by atoms with Crippen molar-refractivity contribution in [2.45, 2.75) is 6.42 Å². The second-order valence-electron chi connectivity index (χ2n) is 7.05. The number of para-hydroxylation sites is 1. The molecule has 0 fully saturated rings. The van der Waals surface area contributed by atoms with Crippen LogP contribution in [0.15, 0.2) is 96.1 Å². The summed E-state index contributed by atoms with van der Waals surface area (Å²) in [5.74, 6) is 0.197. The van der Waals surface area contributed by atoms with Crippen LogP contribution in [0.4, 0.5) is 5.69 Å². The van der Waals surface area contributed by atoms with E-state index in [4.69, 9.17) is 4.74 Å². The summed E-state index contributed by atoms with van der Waals surface area (Å²) < 4.78 is 5.33. The molecular weight excluding hydrogens is 388 g/mol. The number of phenols is 1. The van der Waals surface area contributed by atoms with Gasteiger partial charge in [-0.3, -0.25) is 4.79 Å². The molecule has 0 saturated carbocycles. The molecule has 1 aliphatic heterocycles. The van der Waals surface area contributed by atoms with Crippen molar-refractivity contribution < 1.29 is 14.6 Å². The summed E-state index contributed by atoms with van der Waals surface area (Å²) in [6.45, 7) is 3.75. The maximum atomic E-state index is 13.4. The summed E-state index contributed by atoms with van der Waals surface area (Å²) in [7, 11) is 1.50. The van der Waals surface area contributed by atoms with Gasteiger partial charge in [0.2, 0.25) is 0 Å². The molecule has 0 bridgehead atoms. The van der Waals surface area contributed by atoms with Gasteiger partial charge in [-0.2, -0.15) is 10.1 Å². The highest BCUT2D eigenvalue weighted by Crippen LogP contribution is 2.34. The number of ether oxygens (including phenoxy) is 1. The van der Waals surface area contributed by atoms with Crippen molar-refractivity contribution in [1.29, 1.82) is 0 Å². The Morgan fingerprint density at radius 2 is 1.74 bits per heavy atom. The molecule has 1 amide bonds. The Kier molecular flexibility index (Phi) is 5.67. The summed E-state index contributed by atoms with van der Waals surface area (Å²) >= 11 is 0. The maximum Gasteiger partial charge on any atom is 0.281 e. The van der Waals surface area contributed by atoms with Crippen molar-refractivity contribution >= 4 is 23.4 Å². The minimum atomic E-state index is -0.220. The fraction of sp³-hybridized carbons (Fsp3) is 0.0769. The van der Waals surface area contributed by atoms with E-state index in [0.717, 1.165) is 11.1 Å². The van der Waals surface area contributed by atoms with Crippen molar-refractivity contribution in [2.24, 2.45) is 5.10 Å². The molecule has 0 aromatic heterocycles. The van der Waals surface area contributed by atoms with Crippen LogP contribution in [0.5, 0.6) is 11.5 Å². The second kappa shape index (κ2) is 8.71. The summed E-state index contributed by atoms with van der Waals surface area (Å²) in [6, 6.07) is 22.5. The first-order chi connectivity index (χ1) is 15.1. The van der Waals surface area contributed by atoms with Crippen LogP contribution in [0.25, 0.3) is 6.08 Å². The lowest BCUT2D eigenvalue weighted by Crippen LogP contribution is -2.21. The van der Waals surface area contributed by atoms with E-state index in [-0.39, 0.29) is 11.7 Å². The predicted octanol–water partition coefficient (Wildman–Crippen LogP) is 4.96. The quantitative estimate of drug-likeness (QED) is 0.461. The fourth-order valence-electron chi connectivity index (χ4n) is 3.50. The molecule has 5 heteroatoms. The van der Waals surface area contributed by atoms with E-state index in [1.807, 2.05) is 66.7 Å². The number of hydrazone groups is 1. The first kappa shape index (κ1) is 20.2. The van der Waals surface area contributed by atoms with Crippen LogP contribution in [0.3, 0.4) is 0 Å². The lowest BCUT2D eigenvalue weighted by Gasteiger charge is -2.12. The lowest BCUT2D eigenvalue weighted by atomic mass is 9.98.